The van der Waals surface area contributed by atoms with Crippen LogP contribution in [0.15, 0.2) is 36.7 Å². The molecule has 1 unspecified atom stereocenters. The Balaban J connectivity index is 1.43. The lowest BCUT2D eigenvalue weighted by Crippen LogP contribution is -2.60. The van der Waals surface area contributed by atoms with E-state index in [9.17, 15) is 4.79 Å². The number of nitrogens with zero attached hydrogens (tertiary/aromatic N) is 4. The Morgan fingerprint density at radius 3 is 2.58 bits per heavy atom. The fourth-order valence-corrected chi connectivity index (χ4v) is 3.98. The maximum absolute atomic E-state index is 12.7. The van der Waals surface area contributed by atoms with Gasteiger partial charge in [-0.1, -0.05) is 17.7 Å². The second-order valence-corrected chi connectivity index (χ2v) is 7.26. The van der Waals surface area contributed by atoms with Crippen LogP contribution < -0.4 is 0 Å². The molecule has 0 saturated carbocycles. The lowest BCUT2D eigenvalue weighted by atomic mass is 9.83. The van der Waals surface area contributed by atoms with E-state index in [1.807, 2.05) is 54.0 Å². The summed E-state index contributed by atoms with van der Waals surface area (Å²) in [6.45, 7) is 5.79. The van der Waals surface area contributed by atoms with Crippen LogP contribution in [0.3, 0.4) is 0 Å². The maximum atomic E-state index is 12.7. The van der Waals surface area contributed by atoms with Crippen LogP contribution in [-0.2, 0) is 13.6 Å². The topological polar surface area (TPSA) is 41.4 Å². The van der Waals surface area contributed by atoms with E-state index in [-0.39, 0.29) is 11.4 Å². The lowest BCUT2D eigenvalue weighted by Gasteiger charge is -2.50. The summed E-state index contributed by atoms with van der Waals surface area (Å²) < 4.78 is 1.85. The zero-order chi connectivity index (χ0) is 16.7. The Kier molecular flexibility index (Phi) is 3.68. The van der Waals surface area contributed by atoms with Crippen LogP contribution in [0, 0.1) is 6.92 Å². The highest BCUT2D eigenvalue weighted by Gasteiger charge is 2.50. The molecule has 0 bridgehead atoms. The Morgan fingerprint density at radius 1 is 1.21 bits per heavy atom. The summed E-state index contributed by atoms with van der Waals surface area (Å²) in [4.78, 5) is 17.3. The largest absolute Gasteiger partial charge is 0.337 e. The van der Waals surface area contributed by atoms with Gasteiger partial charge < -0.3 is 4.90 Å². The standard InChI is InChI=1S/C19H24N4O/c1-15-3-5-17(6-4-15)18(24)22-9-7-19(14-22)8-10-23(19)13-16-11-20-21(2)12-16/h3-6,11-12H,7-10,13-14H2,1-2H3. The molecule has 24 heavy (non-hydrogen) atoms. The van der Waals surface area contributed by atoms with Gasteiger partial charge >= 0.3 is 0 Å². The van der Waals surface area contributed by atoms with Crippen molar-refractivity contribution in [1.29, 1.82) is 0 Å². The van der Waals surface area contributed by atoms with Gasteiger partial charge in [-0.25, -0.2) is 0 Å². The first-order valence-corrected chi connectivity index (χ1v) is 8.64. The maximum Gasteiger partial charge on any atom is 0.253 e. The van der Waals surface area contributed by atoms with Crippen LogP contribution >= 0.6 is 0 Å². The lowest BCUT2D eigenvalue weighted by molar-refractivity contribution is -0.0131. The molecule has 1 aromatic carbocycles. The summed E-state index contributed by atoms with van der Waals surface area (Å²) >= 11 is 0. The van der Waals surface area contributed by atoms with Gasteiger partial charge in [-0.2, -0.15) is 5.10 Å². The van der Waals surface area contributed by atoms with Gasteiger partial charge in [0.2, 0.25) is 0 Å². The number of hydrogen-bond donors (Lipinski definition) is 0. The van der Waals surface area contributed by atoms with Crippen molar-refractivity contribution in [3.63, 3.8) is 0 Å². The zero-order valence-electron chi connectivity index (χ0n) is 14.4. The third-order valence-corrected chi connectivity index (χ3v) is 5.57. The van der Waals surface area contributed by atoms with Gasteiger partial charge in [0.05, 0.1) is 6.20 Å². The van der Waals surface area contributed by atoms with E-state index in [0.717, 1.165) is 38.2 Å². The van der Waals surface area contributed by atoms with Crippen molar-refractivity contribution in [2.45, 2.75) is 31.8 Å². The molecule has 5 nitrogen and oxygen atoms in total. The summed E-state index contributed by atoms with van der Waals surface area (Å²) in [6.07, 6.45) is 6.28. The average molecular weight is 324 g/mol. The predicted octanol–water partition coefficient (Wildman–Crippen LogP) is 2.22. The molecule has 2 saturated heterocycles. The molecule has 4 rings (SSSR count). The molecule has 126 valence electrons. The molecule has 0 N–H and O–H groups in total. The second-order valence-electron chi connectivity index (χ2n) is 7.26. The SMILES string of the molecule is Cc1ccc(C(=O)N2CCC3(CCN3Cc3cnn(C)c3)C2)cc1. The molecule has 3 heterocycles. The van der Waals surface area contributed by atoms with Crippen molar-refractivity contribution >= 4 is 5.91 Å². The number of likely N-dealkylation sites (tertiary alicyclic amines) is 2. The van der Waals surface area contributed by atoms with Crippen LogP contribution in [-0.4, -0.2) is 50.7 Å². The van der Waals surface area contributed by atoms with Crippen molar-refractivity contribution in [2.24, 2.45) is 7.05 Å². The summed E-state index contributed by atoms with van der Waals surface area (Å²) in [5.41, 5.74) is 3.41. The normalized spacial score (nSPS) is 23.7. The van der Waals surface area contributed by atoms with E-state index >= 15 is 0 Å². The molecular formula is C19H24N4O. The number of benzene rings is 1. The van der Waals surface area contributed by atoms with Crippen molar-refractivity contribution in [1.82, 2.24) is 19.6 Å². The molecule has 1 aromatic heterocycles. The minimum Gasteiger partial charge on any atom is -0.337 e. The van der Waals surface area contributed by atoms with Gasteiger partial charge in [-0.15, -0.1) is 0 Å². The third kappa shape index (κ3) is 2.63. The van der Waals surface area contributed by atoms with Gasteiger partial charge in [-0.05, 0) is 31.9 Å². The van der Waals surface area contributed by atoms with E-state index in [1.54, 1.807) is 0 Å². The highest BCUT2D eigenvalue weighted by Crippen LogP contribution is 2.40. The summed E-state index contributed by atoms with van der Waals surface area (Å²) in [5.74, 6) is 0.167. The van der Waals surface area contributed by atoms with Crippen molar-refractivity contribution in [3.05, 3.63) is 53.3 Å². The highest BCUT2D eigenvalue weighted by molar-refractivity contribution is 5.94. The van der Waals surface area contributed by atoms with Gasteiger partial charge in [0.25, 0.3) is 5.91 Å². The fourth-order valence-electron chi connectivity index (χ4n) is 3.98. The number of carbonyl (C=O) groups excluding carboxylic acids is 1. The van der Waals surface area contributed by atoms with Crippen molar-refractivity contribution in [2.75, 3.05) is 19.6 Å². The molecular weight excluding hydrogens is 300 g/mol. The van der Waals surface area contributed by atoms with Crippen LogP contribution in [0.25, 0.3) is 0 Å². The molecule has 0 radical (unpaired) electrons. The number of aryl methyl sites for hydroxylation is 2. The summed E-state index contributed by atoms with van der Waals surface area (Å²) in [5, 5.41) is 4.26. The van der Waals surface area contributed by atoms with Crippen molar-refractivity contribution < 1.29 is 4.79 Å². The van der Waals surface area contributed by atoms with Crippen LogP contribution in [0.2, 0.25) is 0 Å². The quantitative estimate of drug-likeness (QED) is 0.869. The van der Waals surface area contributed by atoms with E-state index in [1.165, 1.54) is 17.5 Å². The number of carbonyl (C=O) groups is 1. The summed E-state index contributed by atoms with van der Waals surface area (Å²) in [7, 11) is 1.95. The number of rotatable bonds is 3. The Morgan fingerprint density at radius 2 is 1.96 bits per heavy atom. The Hall–Kier alpha value is -2.14. The molecule has 5 heteroatoms. The Bertz CT molecular complexity index is 751. The van der Waals surface area contributed by atoms with Crippen LogP contribution in [0.4, 0.5) is 0 Å². The molecule has 2 aliphatic heterocycles. The van der Waals surface area contributed by atoms with E-state index in [4.69, 9.17) is 0 Å². The molecule has 2 aliphatic rings. The van der Waals surface area contributed by atoms with Crippen molar-refractivity contribution in [3.8, 4) is 0 Å². The fraction of sp³-hybridized carbons (Fsp3) is 0.474. The van der Waals surface area contributed by atoms with Gasteiger partial charge in [0, 0.05) is 56.1 Å². The predicted molar refractivity (Wildman–Crippen MR) is 92.7 cm³/mol. The monoisotopic (exact) mass is 324 g/mol. The number of aromatic nitrogens is 2. The minimum atomic E-state index is 0.167. The van der Waals surface area contributed by atoms with Gasteiger partial charge in [0.1, 0.15) is 0 Å². The number of hydrogen-bond acceptors (Lipinski definition) is 3. The first kappa shape index (κ1) is 15.4. The first-order chi connectivity index (χ1) is 11.6. The molecule has 2 aromatic rings. The van der Waals surface area contributed by atoms with E-state index in [2.05, 4.69) is 16.2 Å². The van der Waals surface area contributed by atoms with Gasteiger partial charge in [-0.3, -0.25) is 14.4 Å². The van der Waals surface area contributed by atoms with Gasteiger partial charge in [0.15, 0.2) is 0 Å². The van der Waals surface area contributed by atoms with Crippen LogP contribution in [0.5, 0.6) is 0 Å². The molecule has 1 amide bonds. The summed E-state index contributed by atoms with van der Waals surface area (Å²) in [6, 6.07) is 7.90. The van der Waals surface area contributed by atoms with E-state index in [0.29, 0.717) is 0 Å². The second kappa shape index (κ2) is 5.74. The van der Waals surface area contributed by atoms with Crippen LogP contribution in [0.1, 0.15) is 34.3 Å². The average Bonchev–Trinajstić information content (AvgIpc) is 3.20. The zero-order valence-corrected chi connectivity index (χ0v) is 14.4. The number of amides is 1. The Labute approximate surface area is 142 Å². The molecule has 0 aliphatic carbocycles. The van der Waals surface area contributed by atoms with E-state index < -0.39 is 0 Å². The smallest absolute Gasteiger partial charge is 0.253 e. The highest BCUT2D eigenvalue weighted by atomic mass is 16.2. The molecule has 1 atom stereocenters. The molecule has 1 spiro atoms. The third-order valence-electron chi connectivity index (χ3n) is 5.57. The first-order valence-electron chi connectivity index (χ1n) is 8.64. The molecule has 2 fully saturated rings. The minimum absolute atomic E-state index is 0.167.